The monoisotopic (exact) mass is 233 g/mol. The number of nitrogens with zero attached hydrogens (tertiary/aromatic N) is 1. The van der Waals surface area contributed by atoms with E-state index in [4.69, 9.17) is 0 Å². The van der Waals surface area contributed by atoms with Crippen LogP contribution in [0.3, 0.4) is 0 Å². The Labute approximate surface area is 104 Å². The zero-order valence-corrected chi connectivity index (χ0v) is 10.7. The summed E-state index contributed by atoms with van der Waals surface area (Å²) in [7, 11) is 0. The van der Waals surface area contributed by atoms with Gasteiger partial charge in [0.1, 0.15) is 0 Å². The fraction of sp³-hybridized carbons (Fsp3) is 0.571. The van der Waals surface area contributed by atoms with Crippen molar-refractivity contribution in [3.05, 3.63) is 35.4 Å². The summed E-state index contributed by atoms with van der Waals surface area (Å²) in [6, 6.07) is 8.64. The third-order valence-corrected chi connectivity index (χ3v) is 3.38. The molecule has 0 atom stereocenters. The molecule has 0 aliphatic carbocycles. The van der Waals surface area contributed by atoms with Crippen LogP contribution in [0, 0.1) is 6.92 Å². The number of aryl methyl sites for hydroxylation is 1. The second-order valence-corrected chi connectivity index (χ2v) is 4.70. The Hall–Kier alpha value is -0.900. The second kappa shape index (κ2) is 6.74. The normalized spacial score (nSPS) is 17.2. The van der Waals surface area contributed by atoms with Gasteiger partial charge in [-0.1, -0.05) is 24.3 Å². The lowest BCUT2D eigenvalue weighted by atomic mass is 10.1. The molecule has 2 rings (SSSR count). The molecule has 0 saturated carbocycles. The fourth-order valence-corrected chi connectivity index (χ4v) is 2.22. The molecule has 0 bridgehead atoms. The van der Waals surface area contributed by atoms with Gasteiger partial charge in [0.25, 0.3) is 0 Å². The molecule has 94 valence electrons. The number of benzene rings is 1. The highest BCUT2D eigenvalue weighted by atomic mass is 15.2. The van der Waals surface area contributed by atoms with Gasteiger partial charge in [-0.15, -0.1) is 0 Å². The minimum absolute atomic E-state index is 1.02. The third kappa shape index (κ3) is 4.11. The van der Waals surface area contributed by atoms with Crippen LogP contribution in [0.15, 0.2) is 24.3 Å². The van der Waals surface area contributed by atoms with Crippen molar-refractivity contribution in [2.45, 2.75) is 13.3 Å². The molecule has 1 aliphatic rings. The largest absolute Gasteiger partial charge is 0.314 e. The Kier molecular flexibility index (Phi) is 4.98. The maximum absolute atomic E-state index is 3.53. The van der Waals surface area contributed by atoms with Gasteiger partial charge in [-0.25, -0.2) is 0 Å². The molecule has 0 aromatic heterocycles. The Morgan fingerprint density at radius 2 is 2.00 bits per heavy atom. The summed E-state index contributed by atoms with van der Waals surface area (Å²) in [6.45, 7) is 8.85. The minimum atomic E-state index is 1.02. The molecule has 3 heteroatoms. The van der Waals surface area contributed by atoms with Gasteiger partial charge < -0.3 is 10.6 Å². The molecule has 1 aliphatic heterocycles. The molecule has 17 heavy (non-hydrogen) atoms. The molecule has 1 aromatic rings. The fourth-order valence-electron chi connectivity index (χ4n) is 2.22. The van der Waals surface area contributed by atoms with Gasteiger partial charge in [-0.3, -0.25) is 4.90 Å². The van der Waals surface area contributed by atoms with E-state index in [1.165, 1.54) is 11.1 Å². The number of rotatable bonds is 5. The van der Waals surface area contributed by atoms with Gasteiger partial charge in [0.05, 0.1) is 0 Å². The van der Waals surface area contributed by atoms with Crippen LogP contribution in [-0.2, 0) is 6.42 Å². The summed E-state index contributed by atoms with van der Waals surface area (Å²) in [5, 5.41) is 6.90. The van der Waals surface area contributed by atoms with Gasteiger partial charge in [0, 0.05) is 39.4 Å². The third-order valence-electron chi connectivity index (χ3n) is 3.38. The van der Waals surface area contributed by atoms with Gasteiger partial charge >= 0.3 is 0 Å². The first-order valence-corrected chi connectivity index (χ1v) is 6.54. The first kappa shape index (κ1) is 12.6. The van der Waals surface area contributed by atoms with Crippen molar-refractivity contribution < 1.29 is 0 Å². The van der Waals surface area contributed by atoms with E-state index in [1.807, 2.05) is 0 Å². The maximum atomic E-state index is 3.53. The number of hydrogen-bond donors (Lipinski definition) is 2. The quantitative estimate of drug-likeness (QED) is 0.743. The van der Waals surface area contributed by atoms with Crippen molar-refractivity contribution in [3.8, 4) is 0 Å². The first-order valence-electron chi connectivity index (χ1n) is 6.54. The lowest BCUT2D eigenvalue weighted by molar-refractivity contribution is 0.224. The predicted molar refractivity (Wildman–Crippen MR) is 72.2 cm³/mol. The summed E-state index contributed by atoms with van der Waals surface area (Å²) in [5.41, 5.74) is 2.86. The van der Waals surface area contributed by atoms with Crippen molar-refractivity contribution in [2.24, 2.45) is 0 Å². The van der Waals surface area contributed by atoms with Crippen LogP contribution in [0.25, 0.3) is 0 Å². The minimum Gasteiger partial charge on any atom is -0.314 e. The second-order valence-electron chi connectivity index (χ2n) is 4.70. The van der Waals surface area contributed by atoms with E-state index in [0.717, 1.165) is 45.8 Å². The van der Waals surface area contributed by atoms with E-state index in [9.17, 15) is 0 Å². The van der Waals surface area contributed by atoms with Gasteiger partial charge in [-0.05, 0) is 24.5 Å². The average molecular weight is 233 g/mol. The summed E-state index contributed by atoms with van der Waals surface area (Å²) < 4.78 is 0. The molecule has 0 unspecified atom stereocenters. The van der Waals surface area contributed by atoms with Gasteiger partial charge in [-0.2, -0.15) is 0 Å². The SMILES string of the molecule is Cc1ccccc1CCNCN1CCNCC1. The maximum Gasteiger partial charge on any atom is 0.0481 e. The van der Waals surface area contributed by atoms with Crippen molar-refractivity contribution in [1.82, 2.24) is 15.5 Å². The number of hydrogen-bond acceptors (Lipinski definition) is 3. The molecule has 0 radical (unpaired) electrons. The molecule has 0 spiro atoms. The Bertz CT molecular complexity index is 332. The zero-order chi connectivity index (χ0) is 11.9. The van der Waals surface area contributed by atoms with Crippen LogP contribution < -0.4 is 10.6 Å². The van der Waals surface area contributed by atoms with Gasteiger partial charge in [0.15, 0.2) is 0 Å². The summed E-state index contributed by atoms with van der Waals surface area (Å²) in [4.78, 5) is 2.47. The van der Waals surface area contributed by atoms with E-state index in [1.54, 1.807) is 0 Å². The summed E-state index contributed by atoms with van der Waals surface area (Å²) >= 11 is 0. The average Bonchev–Trinajstić information content (AvgIpc) is 2.38. The molecular formula is C14H23N3. The number of nitrogens with one attached hydrogen (secondary N) is 2. The standard InChI is InChI=1S/C14H23N3/c1-13-4-2-3-5-14(13)6-7-16-12-17-10-8-15-9-11-17/h2-5,15-16H,6-12H2,1H3. The Morgan fingerprint density at radius 3 is 2.76 bits per heavy atom. The van der Waals surface area contributed by atoms with Crippen molar-refractivity contribution in [2.75, 3.05) is 39.4 Å². The highest BCUT2D eigenvalue weighted by Crippen LogP contribution is 2.06. The van der Waals surface area contributed by atoms with Crippen molar-refractivity contribution in [3.63, 3.8) is 0 Å². The van der Waals surface area contributed by atoms with Crippen LogP contribution in [0.2, 0.25) is 0 Å². The van der Waals surface area contributed by atoms with Crippen LogP contribution in [-0.4, -0.2) is 44.3 Å². The lowest BCUT2D eigenvalue weighted by Gasteiger charge is -2.27. The lowest BCUT2D eigenvalue weighted by Crippen LogP contribution is -2.47. The van der Waals surface area contributed by atoms with E-state index in [0.29, 0.717) is 0 Å². The molecule has 1 saturated heterocycles. The molecule has 2 N–H and O–H groups in total. The summed E-state index contributed by atoms with van der Waals surface area (Å²) in [6.07, 6.45) is 1.12. The highest BCUT2D eigenvalue weighted by molar-refractivity contribution is 5.25. The molecule has 1 fully saturated rings. The summed E-state index contributed by atoms with van der Waals surface area (Å²) in [5.74, 6) is 0. The van der Waals surface area contributed by atoms with E-state index >= 15 is 0 Å². The topological polar surface area (TPSA) is 27.3 Å². The number of piperazine rings is 1. The van der Waals surface area contributed by atoms with Crippen LogP contribution >= 0.6 is 0 Å². The first-order chi connectivity index (χ1) is 8.36. The van der Waals surface area contributed by atoms with E-state index < -0.39 is 0 Å². The molecule has 1 heterocycles. The van der Waals surface area contributed by atoms with Crippen molar-refractivity contribution in [1.29, 1.82) is 0 Å². The van der Waals surface area contributed by atoms with Crippen LogP contribution in [0.4, 0.5) is 0 Å². The van der Waals surface area contributed by atoms with E-state index in [-0.39, 0.29) is 0 Å². The van der Waals surface area contributed by atoms with Gasteiger partial charge in [0.2, 0.25) is 0 Å². The predicted octanol–water partition coefficient (Wildman–Crippen LogP) is 0.990. The van der Waals surface area contributed by atoms with E-state index in [2.05, 4.69) is 46.7 Å². The van der Waals surface area contributed by atoms with Crippen molar-refractivity contribution >= 4 is 0 Å². The zero-order valence-electron chi connectivity index (χ0n) is 10.7. The molecule has 0 amide bonds. The van der Waals surface area contributed by atoms with Crippen LogP contribution in [0.5, 0.6) is 0 Å². The van der Waals surface area contributed by atoms with Crippen LogP contribution in [0.1, 0.15) is 11.1 Å². The molecule has 1 aromatic carbocycles. The smallest absolute Gasteiger partial charge is 0.0481 e. The molecule has 3 nitrogen and oxygen atoms in total. The Balaban J connectivity index is 1.64. The Morgan fingerprint density at radius 1 is 1.24 bits per heavy atom. The molecular weight excluding hydrogens is 210 g/mol. The highest BCUT2D eigenvalue weighted by Gasteiger charge is 2.07.